The van der Waals surface area contributed by atoms with E-state index in [9.17, 15) is 16.8 Å². The van der Waals surface area contributed by atoms with Gasteiger partial charge in [0.25, 0.3) is 0 Å². The number of anilines is 2. The molecule has 1 aliphatic heterocycles. The number of nitrogens with zero attached hydrogens (tertiary/aromatic N) is 4. The lowest BCUT2D eigenvalue weighted by Gasteiger charge is -2.34. The van der Waals surface area contributed by atoms with E-state index in [0.717, 1.165) is 56.9 Å². The summed E-state index contributed by atoms with van der Waals surface area (Å²) in [5.41, 5.74) is 1.60. The first-order valence-electron chi connectivity index (χ1n) is 9.79. The number of aromatic nitrogens is 2. The zero-order chi connectivity index (χ0) is 22.7. The number of piperazine rings is 1. The molecule has 168 valence electrons. The Kier molecular flexibility index (Phi) is 5.15. The quantitative estimate of drug-likeness (QED) is 0.415. The number of rotatable bonds is 4. The van der Waals surface area contributed by atoms with Crippen molar-refractivity contribution in [2.24, 2.45) is 0 Å². The molecule has 0 unspecified atom stereocenters. The third kappa shape index (κ3) is 4.07. The van der Waals surface area contributed by atoms with E-state index < -0.39 is 19.7 Å². The largest absolute Gasteiger partial charge is 0.345 e. The van der Waals surface area contributed by atoms with Crippen LogP contribution in [0.3, 0.4) is 0 Å². The van der Waals surface area contributed by atoms with Crippen LogP contribution in [0.5, 0.6) is 0 Å². The molecule has 3 heterocycles. The van der Waals surface area contributed by atoms with Crippen LogP contribution in [0, 0.1) is 0 Å². The highest BCUT2D eigenvalue weighted by molar-refractivity contribution is 7.91. The van der Waals surface area contributed by atoms with Crippen LogP contribution in [0.4, 0.5) is 10.3 Å². The SMILES string of the molecule is CS(=O)(=O)c1ccc2nc(N3CCN(c4nc5ccc(S(C)(=O)=O)cc5s4)CC3)sc2c1. The standard InChI is InChI=1S/C20H20N4O4S4/c1-31(25,26)13-3-5-15-17(11-13)29-19(21-15)23-7-9-24(10-8-23)20-22-16-6-4-14(32(2,27)28)12-18(16)30-20/h3-6,11-12H,7-10H2,1-2H3. The van der Waals surface area contributed by atoms with E-state index in [0.29, 0.717) is 9.79 Å². The van der Waals surface area contributed by atoms with E-state index >= 15 is 0 Å². The lowest BCUT2D eigenvalue weighted by atomic mass is 10.3. The molecule has 0 radical (unpaired) electrons. The molecule has 1 fully saturated rings. The van der Waals surface area contributed by atoms with E-state index in [-0.39, 0.29) is 0 Å². The molecule has 0 saturated carbocycles. The maximum Gasteiger partial charge on any atom is 0.186 e. The van der Waals surface area contributed by atoms with Gasteiger partial charge in [-0.25, -0.2) is 26.8 Å². The molecule has 0 aliphatic carbocycles. The summed E-state index contributed by atoms with van der Waals surface area (Å²) in [6.07, 6.45) is 2.42. The third-order valence-corrected chi connectivity index (χ3v) is 9.75. The first kappa shape index (κ1) is 21.6. The number of fused-ring (bicyclic) bond motifs is 2. The molecular weight excluding hydrogens is 489 g/mol. The maximum absolute atomic E-state index is 11.8. The Morgan fingerprint density at radius 3 is 1.41 bits per heavy atom. The lowest BCUT2D eigenvalue weighted by molar-refractivity contribution is 0.600. The van der Waals surface area contributed by atoms with Gasteiger partial charge >= 0.3 is 0 Å². The molecule has 2 aromatic heterocycles. The molecule has 0 spiro atoms. The molecular formula is C20H20N4O4S4. The van der Waals surface area contributed by atoms with Crippen molar-refractivity contribution < 1.29 is 16.8 Å². The predicted octanol–water partition coefficient (Wildman–Crippen LogP) is 3.04. The van der Waals surface area contributed by atoms with Crippen molar-refractivity contribution in [3.05, 3.63) is 36.4 Å². The van der Waals surface area contributed by atoms with E-state index in [1.54, 1.807) is 36.4 Å². The van der Waals surface area contributed by atoms with Gasteiger partial charge < -0.3 is 9.80 Å². The number of hydrogen-bond acceptors (Lipinski definition) is 10. The Labute approximate surface area is 194 Å². The summed E-state index contributed by atoms with van der Waals surface area (Å²) >= 11 is 3.00. The van der Waals surface area contributed by atoms with Gasteiger partial charge in [0.15, 0.2) is 29.9 Å². The van der Waals surface area contributed by atoms with Crippen LogP contribution in [0.1, 0.15) is 0 Å². The summed E-state index contributed by atoms with van der Waals surface area (Å²) in [6.45, 7) is 3.07. The highest BCUT2D eigenvalue weighted by Crippen LogP contribution is 2.34. The van der Waals surface area contributed by atoms with Gasteiger partial charge in [-0.05, 0) is 36.4 Å². The first-order chi connectivity index (χ1) is 15.1. The molecule has 0 bridgehead atoms. The van der Waals surface area contributed by atoms with Crippen LogP contribution in [0.25, 0.3) is 20.4 Å². The zero-order valence-corrected chi connectivity index (χ0v) is 20.6. The Balaban J connectivity index is 1.34. The summed E-state index contributed by atoms with van der Waals surface area (Å²) in [6, 6.07) is 10.1. The van der Waals surface area contributed by atoms with Crippen molar-refractivity contribution in [2.75, 3.05) is 48.5 Å². The van der Waals surface area contributed by atoms with Crippen molar-refractivity contribution in [3.63, 3.8) is 0 Å². The average Bonchev–Trinajstić information content (AvgIpc) is 3.35. The highest BCUT2D eigenvalue weighted by atomic mass is 32.2. The molecule has 0 atom stereocenters. The van der Waals surface area contributed by atoms with Gasteiger partial charge in [0.2, 0.25) is 0 Å². The van der Waals surface area contributed by atoms with Crippen molar-refractivity contribution in [1.29, 1.82) is 0 Å². The molecule has 0 amide bonds. The van der Waals surface area contributed by atoms with Crippen LogP contribution >= 0.6 is 22.7 Å². The average molecular weight is 509 g/mol. The van der Waals surface area contributed by atoms with Gasteiger partial charge in [-0.15, -0.1) is 0 Å². The fourth-order valence-electron chi connectivity index (χ4n) is 3.61. The summed E-state index contributed by atoms with van der Waals surface area (Å²) in [5, 5.41) is 1.76. The van der Waals surface area contributed by atoms with Gasteiger partial charge in [0.1, 0.15) is 0 Å². The molecule has 1 aliphatic rings. The Morgan fingerprint density at radius 2 is 1.06 bits per heavy atom. The van der Waals surface area contributed by atoms with Crippen molar-refractivity contribution >= 4 is 73.0 Å². The number of benzene rings is 2. The van der Waals surface area contributed by atoms with Gasteiger partial charge in [0, 0.05) is 38.7 Å². The van der Waals surface area contributed by atoms with E-state index in [1.165, 1.54) is 35.2 Å². The summed E-state index contributed by atoms with van der Waals surface area (Å²) < 4.78 is 49.0. The second-order valence-electron chi connectivity index (χ2n) is 7.77. The van der Waals surface area contributed by atoms with Crippen LogP contribution in [-0.2, 0) is 19.7 Å². The Morgan fingerprint density at radius 1 is 0.688 bits per heavy atom. The normalized spacial score (nSPS) is 15.7. The second-order valence-corrected chi connectivity index (χ2v) is 13.8. The topological polar surface area (TPSA) is 101 Å². The number of thiazole rings is 2. The van der Waals surface area contributed by atoms with E-state index in [1.807, 2.05) is 0 Å². The van der Waals surface area contributed by atoms with Gasteiger partial charge in [-0.1, -0.05) is 22.7 Å². The maximum atomic E-state index is 11.8. The molecule has 8 nitrogen and oxygen atoms in total. The van der Waals surface area contributed by atoms with Crippen LogP contribution in [0.15, 0.2) is 46.2 Å². The Hall–Kier alpha value is -2.28. The zero-order valence-electron chi connectivity index (χ0n) is 17.3. The Bertz CT molecular complexity index is 1430. The van der Waals surface area contributed by atoms with Gasteiger partial charge in [-0.3, -0.25) is 0 Å². The fourth-order valence-corrected chi connectivity index (χ4v) is 7.16. The second kappa shape index (κ2) is 7.65. The smallest absolute Gasteiger partial charge is 0.186 e. The van der Waals surface area contributed by atoms with Crippen LogP contribution in [0.2, 0.25) is 0 Å². The lowest BCUT2D eigenvalue weighted by Crippen LogP contribution is -2.46. The van der Waals surface area contributed by atoms with Gasteiger partial charge in [-0.2, -0.15) is 0 Å². The summed E-state index contributed by atoms with van der Waals surface area (Å²) in [5.74, 6) is 0. The summed E-state index contributed by atoms with van der Waals surface area (Å²) in [7, 11) is -6.50. The minimum absolute atomic E-state index is 0.305. The van der Waals surface area contributed by atoms with Crippen molar-refractivity contribution in [3.8, 4) is 0 Å². The molecule has 1 saturated heterocycles. The number of sulfone groups is 2. The predicted molar refractivity (Wildman–Crippen MR) is 130 cm³/mol. The van der Waals surface area contributed by atoms with Crippen molar-refractivity contribution in [1.82, 2.24) is 9.97 Å². The van der Waals surface area contributed by atoms with Crippen LogP contribution in [-0.4, -0.2) is 65.5 Å². The molecule has 2 aromatic carbocycles. The molecule has 4 aromatic rings. The fraction of sp³-hybridized carbons (Fsp3) is 0.300. The third-order valence-electron chi connectivity index (χ3n) is 5.37. The molecule has 32 heavy (non-hydrogen) atoms. The number of hydrogen-bond donors (Lipinski definition) is 0. The van der Waals surface area contributed by atoms with E-state index in [4.69, 9.17) is 0 Å². The first-order valence-corrected chi connectivity index (χ1v) is 15.2. The molecule has 5 rings (SSSR count). The van der Waals surface area contributed by atoms with E-state index in [2.05, 4.69) is 19.8 Å². The van der Waals surface area contributed by atoms with Gasteiger partial charge in [0.05, 0.1) is 30.2 Å². The minimum Gasteiger partial charge on any atom is -0.345 e. The molecule has 12 heteroatoms. The molecule has 0 N–H and O–H groups in total. The summed E-state index contributed by atoms with van der Waals surface area (Å²) in [4.78, 5) is 14.4. The highest BCUT2D eigenvalue weighted by Gasteiger charge is 2.23. The van der Waals surface area contributed by atoms with Crippen molar-refractivity contribution in [2.45, 2.75) is 9.79 Å². The monoisotopic (exact) mass is 508 g/mol. The van der Waals surface area contributed by atoms with Crippen LogP contribution < -0.4 is 9.80 Å². The minimum atomic E-state index is -3.25.